The van der Waals surface area contributed by atoms with Crippen LogP contribution in [0, 0.1) is 5.92 Å². The van der Waals surface area contributed by atoms with Gasteiger partial charge in [0.05, 0.1) is 24.8 Å². The van der Waals surface area contributed by atoms with Crippen LogP contribution >= 0.6 is 0 Å². The van der Waals surface area contributed by atoms with Crippen molar-refractivity contribution in [2.24, 2.45) is 5.92 Å². The lowest BCUT2D eigenvalue weighted by molar-refractivity contribution is 0.265. The van der Waals surface area contributed by atoms with Crippen LogP contribution in [0.25, 0.3) is 11.3 Å². The first-order valence-electron chi connectivity index (χ1n) is 8.05. The molecule has 2 rings (SSSR count). The van der Waals surface area contributed by atoms with Crippen molar-refractivity contribution in [1.29, 1.82) is 0 Å². The van der Waals surface area contributed by atoms with Crippen LogP contribution in [-0.2, 0) is 0 Å². The summed E-state index contributed by atoms with van der Waals surface area (Å²) in [5.41, 5.74) is 2.08. The molecule has 114 valence electrons. The predicted octanol–water partition coefficient (Wildman–Crippen LogP) is 5.06. The number of rotatable bonds is 9. The minimum atomic E-state index is 0.788. The SMILES string of the molecule is CCCC(CCC)CCOc1ccccc1-c1cnc[nH]1. The van der Waals surface area contributed by atoms with Crippen molar-refractivity contribution in [1.82, 2.24) is 9.97 Å². The van der Waals surface area contributed by atoms with E-state index in [0.717, 1.165) is 36.0 Å². The van der Waals surface area contributed by atoms with Crippen LogP contribution in [0.2, 0.25) is 0 Å². The number of H-pyrrole nitrogens is 1. The molecule has 0 aliphatic rings. The molecule has 1 heterocycles. The van der Waals surface area contributed by atoms with Gasteiger partial charge in [-0.3, -0.25) is 0 Å². The number of hydrogen-bond acceptors (Lipinski definition) is 2. The normalized spacial score (nSPS) is 11.0. The smallest absolute Gasteiger partial charge is 0.128 e. The van der Waals surface area contributed by atoms with Gasteiger partial charge in [-0.05, 0) is 24.5 Å². The van der Waals surface area contributed by atoms with E-state index in [1.165, 1.54) is 25.7 Å². The standard InChI is InChI=1S/C18H26N2O/c1-3-7-15(8-4-2)11-12-21-18-10-6-5-9-16(18)17-13-19-14-20-17/h5-6,9-10,13-15H,3-4,7-8,11-12H2,1-2H3,(H,19,20). The number of nitrogens with one attached hydrogen (secondary N) is 1. The molecule has 0 amide bonds. The second-order valence-electron chi connectivity index (χ2n) is 5.54. The first-order chi connectivity index (χ1) is 10.3. The maximum absolute atomic E-state index is 6.04. The number of ether oxygens (including phenoxy) is 1. The molecule has 21 heavy (non-hydrogen) atoms. The molecule has 0 atom stereocenters. The molecular formula is C18H26N2O. The number of benzene rings is 1. The molecule has 0 spiro atoms. The molecule has 0 aliphatic heterocycles. The van der Waals surface area contributed by atoms with Crippen molar-refractivity contribution in [3.05, 3.63) is 36.8 Å². The molecule has 1 N–H and O–H groups in total. The summed E-state index contributed by atoms with van der Waals surface area (Å²) in [6.45, 7) is 5.31. The van der Waals surface area contributed by atoms with Gasteiger partial charge in [-0.2, -0.15) is 0 Å². The van der Waals surface area contributed by atoms with Crippen LogP contribution in [0.5, 0.6) is 5.75 Å². The lowest BCUT2D eigenvalue weighted by atomic mass is 9.95. The molecule has 3 nitrogen and oxygen atoms in total. The van der Waals surface area contributed by atoms with Crippen molar-refractivity contribution in [2.75, 3.05) is 6.61 Å². The molecule has 0 fully saturated rings. The van der Waals surface area contributed by atoms with Gasteiger partial charge in [-0.25, -0.2) is 4.98 Å². The summed E-state index contributed by atoms with van der Waals surface area (Å²) in [5, 5.41) is 0. The molecule has 0 saturated heterocycles. The van der Waals surface area contributed by atoms with Gasteiger partial charge in [0, 0.05) is 5.56 Å². The highest BCUT2D eigenvalue weighted by Crippen LogP contribution is 2.28. The zero-order chi connectivity index (χ0) is 14.9. The summed E-state index contributed by atoms with van der Waals surface area (Å²) >= 11 is 0. The van der Waals surface area contributed by atoms with Crippen LogP contribution in [0.15, 0.2) is 36.8 Å². The Balaban J connectivity index is 1.94. The van der Waals surface area contributed by atoms with Gasteiger partial charge >= 0.3 is 0 Å². The molecule has 1 aromatic heterocycles. The van der Waals surface area contributed by atoms with E-state index in [2.05, 4.69) is 29.9 Å². The van der Waals surface area contributed by atoms with E-state index in [9.17, 15) is 0 Å². The van der Waals surface area contributed by atoms with Crippen LogP contribution in [0.4, 0.5) is 0 Å². The summed E-state index contributed by atoms with van der Waals surface area (Å²) in [7, 11) is 0. The molecule has 0 aliphatic carbocycles. The third-order valence-electron chi connectivity index (χ3n) is 3.85. The second kappa shape index (κ2) is 8.50. The number of para-hydroxylation sites is 1. The molecule has 2 aromatic rings. The van der Waals surface area contributed by atoms with E-state index in [0.29, 0.717) is 0 Å². The quantitative estimate of drug-likeness (QED) is 0.699. The summed E-state index contributed by atoms with van der Waals surface area (Å²) in [6, 6.07) is 8.15. The average Bonchev–Trinajstić information content (AvgIpc) is 3.02. The fourth-order valence-corrected chi connectivity index (χ4v) is 2.80. The van der Waals surface area contributed by atoms with Crippen molar-refractivity contribution in [3.8, 4) is 17.0 Å². The zero-order valence-corrected chi connectivity index (χ0v) is 13.1. The van der Waals surface area contributed by atoms with Crippen molar-refractivity contribution in [2.45, 2.75) is 46.0 Å². The van der Waals surface area contributed by atoms with Gasteiger partial charge < -0.3 is 9.72 Å². The molecule has 1 aromatic carbocycles. The third-order valence-corrected chi connectivity index (χ3v) is 3.85. The minimum absolute atomic E-state index is 0.788. The summed E-state index contributed by atoms with van der Waals surface area (Å²) in [4.78, 5) is 7.23. The van der Waals surface area contributed by atoms with Crippen LogP contribution in [0.3, 0.4) is 0 Å². The van der Waals surface area contributed by atoms with E-state index in [-0.39, 0.29) is 0 Å². The van der Waals surface area contributed by atoms with Gasteiger partial charge in [-0.15, -0.1) is 0 Å². The Hall–Kier alpha value is -1.77. The number of hydrogen-bond donors (Lipinski definition) is 1. The summed E-state index contributed by atoms with van der Waals surface area (Å²) in [5.74, 6) is 1.73. The van der Waals surface area contributed by atoms with E-state index >= 15 is 0 Å². The number of nitrogens with zero attached hydrogens (tertiary/aromatic N) is 1. The monoisotopic (exact) mass is 286 g/mol. The Labute approximate surface area is 127 Å². The van der Waals surface area contributed by atoms with Gasteiger partial charge in [0.15, 0.2) is 0 Å². The number of aromatic nitrogens is 2. The number of aromatic amines is 1. The van der Waals surface area contributed by atoms with Gasteiger partial charge in [0.25, 0.3) is 0 Å². The predicted molar refractivity (Wildman–Crippen MR) is 87.4 cm³/mol. The topological polar surface area (TPSA) is 37.9 Å². The Morgan fingerprint density at radius 2 is 1.86 bits per heavy atom. The van der Waals surface area contributed by atoms with Gasteiger partial charge in [0.2, 0.25) is 0 Å². The van der Waals surface area contributed by atoms with E-state index in [1.54, 1.807) is 6.33 Å². The fourth-order valence-electron chi connectivity index (χ4n) is 2.80. The lowest BCUT2D eigenvalue weighted by Gasteiger charge is -2.16. The summed E-state index contributed by atoms with van der Waals surface area (Å²) in [6.07, 6.45) is 9.80. The Kier molecular flexibility index (Phi) is 6.32. The third kappa shape index (κ3) is 4.62. The molecule has 0 saturated carbocycles. The fraction of sp³-hybridized carbons (Fsp3) is 0.500. The van der Waals surface area contributed by atoms with Crippen molar-refractivity contribution in [3.63, 3.8) is 0 Å². The largest absolute Gasteiger partial charge is 0.493 e. The maximum Gasteiger partial charge on any atom is 0.128 e. The highest BCUT2D eigenvalue weighted by Gasteiger charge is 2.09. The van der Waals surface area contributed by atoms with Crippen LogP contribution in [0.1, 0.15) is 46.0 Å². The first kappa shape index (κ1) is 15.6. The minimum Gasteiger partial charge on any atom is -0.493 e. The van der Waals surface area contributed by atoms with E-state index in [1.807, 2.05) is 24.4 Å². The van der Waals surface area contributed by atoms with Crippen molar-refractivity contribution < 1.29 is 4.74 Å². The second-order valence-corrected chi connectivity index (χ2v) is 5.54. The molecule has 3 heteroatoms. The van der Waals surface area contributed by atoms with Crippen LogP contribution in [-0.4, -0.2) is 16.6 Å². The van der Waals surface area contributed by atoms with E-state index in [4.69, 9.17) is 4.74 Å². The van der Waals surface area contributed by atoms with Gasteiger partial charge in [0.1, 0.15) is 5.75 Å². The van der Waals surface area contributed by atoms with Gasteiger partial charge in [-0.1, -0.05) is 51.7 Å². The highest BCUT2D eigenvalue weighted by atomic mass is 16.5. The highest BCUT2D eigenvalue weighted by molar-refractivity contribution is 5.66. The number of imidazole rings is 1. The summed E-state index contributed by atoms with van der Waals surface area (Å²) < 4.78 is 6.04. The van der Waals surface area contributed by atoms with Crippen molar-refractivity contribution >= 4 is 0 Å². The molecule has 0 unspecified atom stereocenters. The Morgan fingerprint density at radius 3 is 2.52 bits per heavy atom. The maximum atomic E-state index is 6.04. The Morgan fingerprint density at radius 1 is 1.10 bits per heavy atom. The molecule has 0 bridgehead atoms. The van der Waals surface area contributed by atoms with E-state index < -0.39 is 0 Å². The Bertz CT molecular complexity index is 502. The molecule has 0 radical (unpaired) electrons. The molecular weight excluding hydrogens is 260 g/mol. The lowest BCUT2D eigenvalue weighted by Crippen LogP contribution is -2.07. The zero-order valence-electron chi connectivity index (χ0n) is 13.1. The average molecular weight is 286 g/mol. The first-order valence-corrected chi connectivity index (χ1v) is 8.05. The van der Waals surface area contributed by atoms with Crippen LogP contribution < -0.4 is 4.74 Å².